The molecule has 1 saturated heterocycles. The van der Waals surface area contributed by atoms with Crippen LogP contribution in [-0.4, -0.2) is 23.6 Å². The van der Waals surface area contributed by atoms with Gasteiger partial charge >= 0.3 is 0 Å². The van der Waals surface area contributed by atoms with Crippen LogP contribution in [0.25, 0.3) is 0 Å². The van der Waals surface area contributed by atoms with E-state index >= 15 is 0 Å². The Morgan fingerprint density at radius 1 is 0.893 bits per heavy atom. The zero-order chi connectivity index (χ0) is 19.0. The van der Waals surface area contributed by atoms with Gasteiger partial charge in [0.1, 0.15) is 6.10 Å². The van der Waals surface area contributed by atoms with E-state index in [1.54, 1.807) is 0 Å². The van der Waals surface area contributed by atoms with E-state index in [0.717, 1.165) is 17.7 Å². The number of oxime groups is 1. The summed E-state index contributed by atoms with van der Waals surface area (Å²) in [5.41, 5.74) is 3.86. The van der Waals surface area contributed by atoms with Crippen LogP contribution in [0, 0.1) is 36.5 Å². The van der Waals surface area contributed by atoms with E-state index < -0.39 is 0 Å². The fourth-order valence-electron chi connectivity index (χ4n) is 5.92. The number of nitrogens with zero attached hydrogens (tertiary/aromatic N) is 2. The van der Waals surface area contributed by atoms with Gasteiger partial charge in [-0.1, -0.05) is 53.2 Å². The van der Waals surface area contributed by atoms with Gasteiger partial charge in [-0.05, 0) is 37.0 Å². The second-order valence-electron chi connectivity index (χ2n) is 8.40. The molecular weight excluding hydrogens is 352 g/mol. The fraction of sp³-hybridized carbons (Fsp3) is 0.348. The van der Waals surface area contributed by atoms with Crippen LogP contribution >= 0.6 is 0 Å². The Morgan fingerprint density at radius 3 is 2.29 bits per heavy atom. The van der Waals surface area contributed by atoms with E-state index in [1.165, 1.54) is 10.5 Å². The number of hydrogen-bond donors (Lipinski definition) is 0. The third kappa shape index (κ3) is 1.94. The summed E-state index contributed by atoms with van der Waals surface area (Å²) in [5, 5.41) is 4.40. The van der Waals surface area contributed by atoms with Crippen molar-refractivity contribution in [1.82, 2.24) is 0 Å². The van der Waals surface area contributed by atoms with Gasteiger partial charge in [0.25, 0.3) is 0 Å². The average molecular weight is 372 g/mol. The lowest BCUT2D eigenvalue weighted by atomic mass is 9.71. The number of rotatable bonds is 2. The largest absolute Gasteiger partial charge is 0.391 e. The molecule has 0 radical (unpaired) electrons. The van der Waals surface area contributed by atoms with Crippen molar-refractivity contribution in [2.75, 3.05) is 4.90 Å². The number of fused-ring (bicyclic) bond motifs is 8. The first kappa shape index (κ1) is 16.0. The summed E-state index contributed by atoms with van der Waals surface area (Å²) in [7, 11) is 0. The lowest BCUT2D eigenvalue weighted by molar-refractivity contribution is -0.125. The molecule has 4 aliphatic rings. The molecule has 2 amide bonds. The van der Waals surface area contributed by atoms with Crippen LogP contribution in [0.1, 0.15) is 17.5 Å². The maximum atomic E-state index is 13.3. The van der Waals surface area contributed by atoms with Gasteiger partial charge in [-0.25, -0.2) is 0 Å². The molecule has 28 heavy (non-hydrogen) atoms. The number of benzene rings is 2. The smallest absolute Gasteiger partial charge is 0.238 e. The highest BCUT2D eigenvalue weighted by atomic mass is 16.6. The van der Waals surface area contributed by atoms with Gasteiger partial charge in [-0.15, -0.1) is 0 Å². The first-order valence-electron chi connectivity index (χ1n) is 9.89. The molecule has 0 unspecified atom stereocenters. The van der Waals surface area contributed by atoms with Gasteiger partial charge in [0.2, 0.25) is 11.8 Å². The van der Waals surface area contributed by atoms with Crippen LogP contribution in [0.4, 0.5) is 5.69 Å². The molecule has 140 valence electrons. The summed E-state index contributed by atoms with van der Waals surface area (Å²) in [6, 6.07) is 17.6. The number of amides is 2. The SMILES string of the molecule is Cc1ccc(C2=NO[C@H]3[C@H]4C[C@@H]([C@@H]23)[C@H]2C(=O)N(c3ccccc3)C(=O)[C@@H]42)cc1. The van der Waals surface area contributed by atoms with E-state index in [9.17, 15) is 9.59 Å². The van der Waals surface area contributed by atoms with Gasteiger partial charge in [0, 0.05) is 11.8 Å². The van der Waals surface area contributed by atoms with E-state index in [0.29, 0.717) is 5.69 Å². The van der Waals surface area contributed by atoms with Crippen molar-refractivity contribution in [3.05, 3.63) is 65.7 Å². The predicted molar refractivity (Wildman–Crippen MR) is 104 cm³/mol. The summed E-state index contributed by atoms with van der Waals surface area (Å²) >= 11 is 0. The van der Waals surface area contributed by atoms with Gasteiger partial charge in [0.05, 0.1) is 23.2 Å². The molecule has 2 saturated carbocycles. The molecule has 2 aromatic rings. The van der Waals surface area contributed by atoms with E-state index in [4.69, 9.17) is 4.84 Å². The van der Waals surface area contributed by atoms with Crippen molar-refractivity contribution < 1.29 is 14.4 Å². The Bertz CT molecular complexity index is 1010. The molecule has 2 aliphatic heterocycles. The zero-order valence-corrected chi connectivity index (χ0v) is 15.5. The summed E-state index contributed by atoms with van der Waals surface area (Å²) < 4.78 is 0. The maximum Gasteiger partial charge on any atom is 0.238 e. The number of para-hydroxylation sites is 1. The number of carbonyl (C=O) groups excluding carboxylic acids is 2. The Hall–Kier alpha value is -2.95. The Morgan fingerprint density at radius 2 is 1.57 bits per heavy atom. The second kappa shape index (κ2) is 5.53. The van der Waals surface area contributed by atoms with Crippen molar-refractivity contribution >= 4 is 23.2 Å². The topological polar surface area (TPSA) is 59.0 Å². The van der Waals surface area contributed by atoms with Crippen LogP contribution in [0.2, 0.25) is 0 Å². The molecule has 5 nitrogen and oxygen atoms in total. The molecule has 2 bridgehead atoms. The normalized spacial score (nSPS) is 35.0. The number of imide groups is 1. The first-order chi connectivity index (χ1) is 13.6. The molecule has 5 heteroatoms. The first-order valence-corrected chi connectivity index (χ1v) is 9.89. The van der Waals surface area contributed by atoms with Gasteiger partial charge in [-0.3, -0.25) is 14.5 Å². The van der Waals surface area contributed by atoms with Crippen molar-refractivity contribution in [3.63, 3.8) is 0 Å². The standard InChI is InChI=1S/C23H20N2O3/c1-12-7-9-13(10-8-12)20-19-15-11-16(21(19)28-24-20)18-17(15)22(26)25(23(18)27)14-5-3-2-4-6-14/h2-10,15-19,21H,11H2,1H3/t15-,16+,17-,18+,19+,21+/m1/s1. The van der Waals surface area contributed by atoms with Crippen LogP contribution in [0.15, 0.2) is 59.8 Å². The number of hydrogen-bond acceptors (Lipinski definition) is 4. The fourth-order valence-corrected chi connectivity index (χ4v) is 5.92. The van der Waals surface area contributed by atoms with Crippen molar-refractivity contribution in [2.45, 2.75) is 19.4 Å². The minimum Gasteiger partial charge on any atom is -0.391 e. The summed E-state index contributed by atoms with van der Waals surface area (Å²) in [4.78, 5) is 33.7. The molecule has 0 N–H and O–H groups in total. The van der Waals surface area contributed by atoms with Gasteiger partial charge < -0.3 is 4.84 Å². The van der Waals surface area contributed by atoms with Crippen LogP contribution in [-0.2, 0) is 14.4 Å². The zero-order valence-electron chi connectivity index (χ0n) is 15.5. The van der Waals surface area contributed by atoms with Crippen molar-refractivity contribution in [1.29, 1.82) is 0 Å². The van der Waals surface area contributed by atoms with Crippen LogP contribution in [0.3, 0.4) is 0 Å². The van der Waals surface area contributed by atoms with Crippen molar-refractivity contribution in [3.8, 4) is 0 Å². The average Bonchev–Trinajstić information content (AvgIpc) is 3.44. The summed E-state index contributed by atoms with van der Waals surface area (Å²) in [6.07, 6.45) is 0.783. The Kier molecular flexibility index (Phi) is 3.17. The Labute approximate surface area is 163 Å². The number of carbonyl (C=O) groups is 2. The number of anilines is 1. The van der Waals surface area contributed by atoms with Crippen LogP contribution < -0.4 is 4.90 Å². The third-order valence-corrected chi connectivity index (χ3v) is 7.05. The molecule has 0 aromatic heterocycles. The lowest BCUT2D eigenvalue weighted by Crippen LogP contribution is -2.41. The van der Waals surface area contributed by atoms with Crippen LogP contribution in [0.5, 0.6) is 0 Å². The highest BCUT2D eigenvalue weighted by Crippen LogP contribution is 2.61. The molecule has 3 fully saturated rings. The summed E-state index contributed by atoms with van der Waals surface area (Å²) in [5.74, 6) is -0.365. The van der Waals surface area contributed by atoms with Gasteiger partial charge in [-0.2, -0.15) is 0 Å². The predicted octanol–water partition coefficient (Wildman–Crippen LogP) is 3.17. The quantitative estimate of drug-likeness (QED) is 0.761. The van der Waals surface area contributed by atoms with E-state index in [-0.39, 0.29) is 47.5 Å². The maximum absolute atomic E-state index is 13.3. The highest BCUT2D eigenvalue weighted by Gasteiger charge is 2.70. The minimum absolute atomic E-state index is 0.0534. The molecule has 6 atom stereocenters. The summed E-state index contributed by atoms with van der Waals surface area (Å²) in [6.45, 7) is 2.06. The molecule has 2 aromatic carbocycles. The van der Waals surface area contributed by atoms with E-state index in [1.807, 2.05) is 30.3 Å². The molecule has 2 aliphatic carbocycles. The second-order valence-corrected chi connectivity index (χ2v) is 8.40. The van der Waals surface area contributed by atoms with E-state index in [2.05, 4.69) is 36.3 Å². The Balaban J connectivity index is 1.36. The van der Waals surface area contributed by atoms with Gasteiger partial charge in [0.15, 0.2) is 0 Å². The highest BCUT2D eigenvalue weighted by molar-refractivity contribution is 6.23. The molecule has 6 rings (SSSR count). The minimum atomic E-state index is -0.272. The third-order valence-electron chi connectivity index (χ3n) is 7.05. The molecule has 2 heterocycles. The molecule has 0 spiro atoms. The van der Waals surface area contributed by atoms with Crippen molar-refractivity contribution in [2.24, 2.45) is 34.7 Å². The molecular formula is C23H20N2O3. The lowest BCUT2D eigenvalue weighted by Gasteiger charge is -2.29. The monoisotopic (exact) mass is 372 g/mol. The number of aryl methyl sites for hydroxylation is 1.